The van der Waals surface area contributed by atoms with Gasteiger partial charge in [-0.25, -0.2) is 4.98 Å². The summed E-state index contributed by atoms with van der Waals surface area (Å²) in [5.41, 5.74) is 1.74. The van der Waals surface area contributed by atoms with Gasteiger partial charge in [0.25, 0.3) is 5.91 Å². The van der Waals surface area contributed by atoms with Crippen LogP contribution in [-0.2, 0) is 6.42 Å². The van der Waals surface area contributed by atoms with Crippen LogP contribution >= 0.6 is 0 Å². The van der Waals surface area contributed by atoms with Gasteiger partial charge in [-0.15, -0.1) is 0 Å². The van der Waals surface area contributed by atoms with Gasteiger partial charge >= 0.3 is 0 Å². The molecule has 116 valence electrons. The molecule has 1 fully saturated rings. The van der Waals surface area contributed by atoms with E-state index < -0.39 is 0 Å². The number of nitrogens with one attached hydrogen (secondary N) is 1. The van der Waals surface area contributed by atoms with E-state index in [-0.39, 0.29) is 5.91 Å². The third-order valence-electron chi connectivity index (χ3n) is 4.22. The Bertz CT molecular complexity index is 473. The maximum absolute atomic E-state index is 12.7. The van der Waals surface area contributed by atoms with E-state index >= 15 is 0 Å². The highest BCUT2D eigenvalue weighted by molar-refractivity contribution is 5.95. The van der Waals surface area contributed by atoms with Crippen molar-refractivity contribution < 1.29 is 4.79 Å². The molecule has 0 aromatic carbocycles. The van der Waals surface area contributed by atoms with E-state index in [0.717, 1.165) is 36.5 Å². The molecule has 0 spiro atoms. The Labute approximate surface area is 127 Å². The van der Waals surface area contributed by atoms with Crippen LogP contribution in [0.15, 0.2) is 12.1 Å². The molecule has 0 bridgehead atoms. The number of carbonyl (C=O) groups excluding carboxylic acids is 1. The van der Waals surface area contributed by atoms with Gasteiger partial charge < -0.3 is 10.2 Å². The number of anilines is 1. The minimum absolute atomic E-state index is 0.105. The summed E-state index contributed by atoms with van der Waals surface area (Å²) in [6.45, 7) is 7.13. The molecule has 4 heteroatoms. The van der Waals surface area contributed by atoms with Gasteiger partial charge in [-0.3, -0.25) is 4.79 Å². The van der Waals surface area contributed by atoms with Crippen LogP contribution in [0.4, 0.5) is 5.82 Å². The van der Waals surface area contributed by atoms with E-state index in [0.29, 0.717) is 12.0 Å². The Hall–Kier alpha value is -1.58. The van der Waals surface area contributed by atoms with Gasteiger partial charge in [-0.05, 0) is 51.2 Å². The second kappa shape index (κ2) is 6.92. The molecule has 2 rings (SSSR count). The largest absolute Gasteiger partial charge is 0.370 e. The molecular formula is C17H27N3O. The Morgan fingerprint density at radius 1 is 1.43 bits per heavy atom. The predicted molar refractivity (Wildman–Crippen MR) is 86.7 cm³/mol. The van der Waals surface area contributed by atoms with Gasteiger partial charge in [-0.1, -0.05) is 13.3 Å². The van der Waals surface area contributed by atoms with Gasteiger partial charge in [-0.2, -0.15) is 0 Å². The highest BCUT2D eigenvalue weighted by Gasteiger charge is 2.32. The fourth-order valence-electron chi connectivity index (χ4n) is 2.65. The zero-order chi connectivity index (χ0) is 15.4. The number of rotatable bonds is 7. The lowest BCUT2D eigenvalue weighted by molar-refractivity contribution is 0.0727. The number of pyridine rings is 1. The third kappa shape index (κ3) is 3.96. The smallest absolute Gasteiger partial charge is 0.254 e. The fourth-order valence-corrected chi connectivity index (χ4v) is 2.65. The predicted octanol–water partition coefficient (Wildman–Crippen LogP) is 3.34. The molecule has 1 unspecified atom stereocenters. The molecule has 0 saturated heterocycles. The first-order chi connectivity index (χ1) is 10.1. The zero-order valence-corrected chi connectivity index (χ0v) is 13.6. The highest BCUT2D eigenvalue weighted by atomic mass is 16.2. The van der Waals surface area contributed by atoms with E-state index in [2.05, 4.69) is 24.1 Å². The second-order valence-electron chi connectivity index (χ2n) is 6.01. The highest BCUT2D eigenvalue weighted by Crippen LogP contribution is 2.35. The van der Waals surface area contributed by atoms with Crippen molar-refractivity contribution in [2.45, 2.75) is 52.5 Å². The SMILES string of the molecule is CCCc1cc(C(=O)N(C)C(C)C2CC2)cc(NCC)n1. The number of aryl methyl sites for hydroxylation is 1. The number of carbonyl (C=O) groups is 1. The van der Waals surface area contributed by atoms with Crippen LogP contribution in [0.25, 0.3) is 0 Å². The molecule has 21 heavy (non-hydrogen) atoms. The van der Waals surface area contributed by atoms with Crippen LogP contribution in [0.1, 0.15) is 56.1 Å². The average molecular weight is 289 g/mol. The molecular weight excluding hydrogens is 262 g/mol. The summed E-state index contributed by atoms with van der Waals surface area (Å²) in [5.74, 6) is 1.59. The Balaban J connectivity index is 2.21. The van der Waals surface area contributed by atoms with Crippen molar-refractivity contribution in [1.29, 1.82) is 0 Å². The lowest BCUT2D eigenvalue weighted by Gasteiger charge is -2.25. The number of amides is 1. The van der Waals surface area contributed by atoms with Crippen LogP contribution < -0.4 is 5.32 Å². The monoisotopic (exact) mass is 289 g/mol. The lowest BCUT2D eigenvalue weighted by atomic mass is 10.1. The van der Waals surface area contributed by atoms with Gasteiger partial charge in [0.2, 0.25) is 0 Å². The first-order valence-corrected chi connectivity index (χ1v) is 8.08. The molecule has 0 radical (unpaired) electrons. The number of hydrogen-bond donors (Lipinski definition) is 1. The molecule has 1 N–H and O–H groups in total. The molecule has 1 aliphatic carbocycles. The lowest BCUT2D eigenvalue weighted by Crippen LogP contribution is -2.36. The van der Waals surface area contributed by atoms with Gasteiger partial charge in [0.15, 0.2) is 0 Å². The first kappa shape index (κ1) is 15.8. The summed E-state index contributed by atoms with van der Waals surface area (Å²) in [7, 11) is 1.91. The third-order valence-corrected chi connectivity index (χ3v) is 4.22. The quantitative estimate of drug-likeness (QED) is 0.837. The summed E-state index contributed by atoms with van der Waals surface area (Å²) >= 11 is 0. The van der Waals surface area contributed by atoms with E-state index in [1.54, 1.807) is 0 Å². The minimum atomic E-state index is 0.105. The molecule has 1 aromatic rings. The van der Waals surface area contributed by atoms with Crippen LogP contribution in [0.2, 0.25) is 0 Å². The van der Waals surface area contributed by atoms with Crippen LogP contribution in [0.3, 0.4) is 0 Å². The Kier molecular flexibility index (Phi) is 5.21. The van der Waals surface area contributed by atoms with Crippen LogP contribution in [0, 0.1) is 5.92 Å². The van der Waals surface area contributed by atoms with Crippen molar-refractivity contribution in [1.82, 2.24) is 9.88 Å². The molecule has 1 amide bonds. The molecule has 1 aromatic heterocycles. The molecule has 0 aliphatic heterocycles. The molecule has 1 heterocycles. The second-order valence-corrected chi connectivity index (χ2v) is 6.01. The van der Waals surface area contributed by atoms with Crippen molar-refractivity contribution in [3.8, 4) is 0 Å². The van der Waals surface area contributed by atoms with Gasteiger partial charge in [0, 0.05) is 30.9 Å². The van der Waals surface area contributed by atoms with Gasteiger partial charge in [0.1, 0.15) is 5.82 Å². The van der Waals surface area contributed by atoms with Crippen molar-refractivity contribution >= 4 is 11.7 Å². The average Bonchev–Trinajstić information content (AvgIpc) is 3.30. The van der Waals surface area contributed by atoms with Crippen LogP contribution in [0.5, 0.6) is 0 Å². The number of aromatic nitrogens is 1. The van der Waals surface area contributed by atoms with Crippen molar-refractivity contribution in [2.75, 3.05) is 18.9 Å². The summed E-state index contributed by atoms with van der Waals surface area (Å²) in [6.07, 6.45) is 4.43. The summed E-state index contributed by atoms with van der Waals surface area (Å²) in [6, 6.07) is 4.15. The number of hydrogen-bond acceptors (Lipinski definition) is 3. The molecule has 4 nitrogen and oxygen atoms in total. The van der Waals surface area contributed by atoms with Crippen molar-refractivity contribution in [3.63, 3.8) is 0 Å². The Morgan fingerprint density at radius 3 is 2.71 bits per heavy atom. The minimum Gasteiger partial charge on any atom is -0.370 e. The van der Waals surface area contributed by atoms with E-state index in [1.807, 2.05) is 31.0 Å². The molecule has 1 saturated carbocycles. The first-order valence-electron chi connectivity index (χ1n) is 8.08. The Morgan fingerprint density at radius 2 is 2.14 bits per heavy atom. The molecule has 1 aliphatic rings. The molecule has 1 atom stereocenters. The maximum atomic E-state index is 12.7. The van der Waals surface area contributed by atoms with E-state index in [9.17, 15) is 4.79 Å². The number of nitrogens with zero attached hydrogens (tertiary/aromatic N) is 2. The summed E-state index contributed by atoms with van der Waals surface area (Å²) in [4.78, 5) is 19.2. The summed E-state index contributed by atoms with van der Waals surface area (Å²) < 4.78 is 0. The summed E-state index contributed by atoms with van der Waals surface area (Å²) in [5, 5.41) is 3.22. The van der Waals surface area contributed by atoms with E-state index in [1.165, 1.54) is 12.8 Å². The topological polar surface area (TPSA) is 45.2 Å². The van der Waals surface area contributed by atoms with Crippen molar-refractivity contribution in [3.05, 3.63) is 23.4 Å². The maximum Gasteiger partial charge on any atom is 0.254 e. The zero-order valence-electron chi connectivity index (χ0n) is 13.6. The standard InChI is InChI=1S/C17H27N3O/c1-5-7-15-10-14(11-16(19-15)18-6-2)17(21)20(4)12(3)13-8-9-13/h10-13H,5-9H2,1-4H3,(H,18,19). The van der Waals surface area contributed by atoms with Crippen LogP contribution in [-0.4, -0.2) is 35.4 Å². The normalized spacial score (nSPS) is 15.6. The fraction of sp³-hybridized carbons (Fsp3) is 0.647. The van der Waals surface area contributed by atoms with Crippen molar-refractivity contribution in [2.24, 2.45) is 5.92 Å². The van der Waals surface area contributed by atoms with E-state index in [4.69, 9.17) is 0 Å². The van der Waals surface area contributed by atoms with Gasteiger partial charge in [0.05, 0.1) is 0 Å².